The fraction of sp³-hybridized carbons (Fsp3) is 0.773. The molecule has 0 aromatic rings. The molecule has 150 valence electrons. The van der Waals surface area contributed by atoms with E-state index in [0.29, 0.717) is 6.42 Å². The predicted octanol–water partition coefficient (Wildman–Crippen LogP) is 6.03. The molecule has 0 amide bonds. The Morgan fingerprint density at radius 1 is 0.615 bits per heavy atom. The molecule has 0 saturated heterocycles. The Balaban J connectivity index is 3.33. The van der Waals surface area contributed by atoms with Gasteiger partial charge >= 0.3 is 5.97 Å². The van der Waals surface area contributed by atoms with Crippen molar-refractivity contribution >= 4 is 17.5 Å². The van der Waals surface area contributed by atoms with Crippen molar-refractivity contribution in [3.05, 3.63) is 12.2 Å². The summed E-state index contributed by atoms with van der Waals surface area (Å²) in [5, 5.41) is 8.45. The molecule has 0 heterocycles. The summed E-state index contributed by atoms with van der Waals surface area (Å²) >= 11 is 0. The van der Waals surface area contributed by atoms with Crippen molar-refractivity contribution < 1.29 is 19.5 Å². The lowest BCUT2D eigenvalue weighted by atomic mass is 10.0. The number of unbranched alkanes of at least 4 members (excludes halogenated alkanes) is 13. The van der Waals surface area contributed by atoms with Gasteiger partial charge in [0.25, 0.3) is 0 Å². The highest BCUT2D eigenvalue weighted by molar-refractivity contribution is 6.04. The second-order valence-electron chi connectivity index (χ2n) is 7.18. The maximum atomic E-state index is 11.6. The molecule has 0 unspecified atom stereocenters. The quantitative estimate of drug-likeness (QED) is 0.172. The average Bonchev–Trinajstić information content (AvgIpc) is 2.59. The van der Waals surface area contributed by atoms with Gasteiger partial charge in [0, 0.05) is 6.42 Å². The van der Waals surface area contributed by atoms with Gasteiger partial charge in [0.15, 0.2) is 11.6 Å². The third-order valence-electron chi connectivity index (χ3n) is 4.56. The van der Waals surface area contributed by atoms with Crippen LogP contribution >= 0.6 is 0 Å². The molecule has 4 heteroatoms. The van der Waals surface area contributed by atoms with Crippen molar-refractivity contribution in [2.45, 2.75) is 110 Å². The zero-order valence-corrected chi connectivity index (χ0v) is 16.6. The van der Waals surface area contributed by atoms with E-state index >= 15 is 0 Å². The highest BCUT2D eigenvalue weighted by Gasteiger charge is 2.04. The predicted molar refractivity (Wildman–Crippen MR) is 106 cm³/mol. The number of ketones is 2. The van der Waals surface area contributed by atoms with E-state index in [-0.39, 0.29) is 5.78 Å². The van der Waals surface area contributed by atoms with Gasteiger partial charge in [0.2, 0.25) is 0 Å². The van der Waals surface area contributed by atoms with Crippen molar-refractivity contribution in [2.24, 2.45) is 0 Å². The van der Waals surface area contributed by atoms with Crippen LogP contribution < -0.4 is 0 Å². The highest BCUT2D eigenvalue weighted by atomic mass is 16.4. The highest BCUT2D eigenvalue weighted by Crippen LogP contribution is 2.13. The summed E-state index contributed by atoms with van der Waals surface area (Å²) < 4.78 is 0. The van der Waals surface area contributed by atoms with Gasteiger partial charge in [-0.3, -0.25) is 14.4 Å². The number of allylic oxidation sites excluding steroid dienone is 2. The maximum Gasteiger partial charge on any atom is 0.311 e. The molecule has 1 N–H and O–H groups in total. The fourth-order valence-electron chi connectivity index (χ4n) is 2.97. The van der Waals surface area contributed by atoms with Crippen molar-refractivity contribution in [3.63, 3.8) is 0 Å². The first-order chi connectivity index (χ1) is 12.6. The smallest absolute Gasteiger partial charge is 0.311 e. The lowest BCUT2D eigenvalue weighted by molar-refractivity contribution is -0.139. The number of carbonyl (C=O) groups excluding carboxylic acids is 2. The van der Waals surface area contributed by atoms with Gasteiger partial charge in [0.05, 0.1) is 0 Å². The average molecular weight is 367 g/mol. The van der Waals surface area contributed by atoms with Crippen LogP contribution in [0.4, 0.5) is 0 Å². The van der Waals surface area contributed by atoms with Crippen LogP contribution in [0.1, 0.15) is 110 Å². The molecule has 26 heavy (non-hydrogen) atoms. The van der Waals surface area contributed by atoms with E-state index < -0.39 is 18.2 Å². The van der Waals surface area contributed by atoms with Gasteiger partial charge < -0.3 is 5.11 Å². The topological polar surface area (TPSA) is 71.4 Å². The Hall–Kier alpha value is -1.45. The Morgan fingerprint density at radius 3 is 1.42 bits per heavy atom. The molecular formula is C22H38O4. The van der Waals surface area contributed by atoms with Crippen LogP contribution in [0.3, 0.4) is 0 Å². The first-order valence-corrected chi connectivity index (χ1v) is 10.5. The fourth-order valence-corrected chi connectivity index (χ4v) is 2.97. The molecule has 0 rings (SSSR count). The van der Waals surface area contributed by atoms with Crippen LogP contribution in [0.25, 0.3) is 0 Å². The zero-order chi connectivity index (χ0) is 19.5. The molecule has 0 fully saturated rings. The number of hydrogen-bond acceptors (Lipinski definition) is 3. The SMILES string of the molecule is CCCCCCCCCCCCCCCCC(=O)/C=C/C(=O)CC(=O)O. The van der Waals surface area contributed by atoms with E-state index in [0.717, 1.165) is 25.3 Å². The lowest BCUT2D eigenvalue weighted by Crippen LogP contribution is -2.04. The minimum atomic E-state index is -1.17. The summed E-state index contributed by atoms with van der Waals surface area (Å²) in [6, 6.07) is 0. The van der Waals surface area contributed by atoms with Gasteiger partial charge in [-0.15, -0.1) is 0 Å². The number of carbonyl (C=O) groups is 3. The number of carboxylic acid groups (broad SMARTS) is 1. The zero-order valence-electron chi connectivity index (χ0n) is 16.6. The van der Waals surface area contributed by atoms with Crippen LogP contribution in [0.2, 0.25) is 0 Å². The molecule has 4 nitrogen and oxygen atoms in total. The Labute approximate surface area is 159 Å². The van der Waals surface area contributed by atoms with Gasteiger partial charge in [-0.1, -0.05) is 90.4 Å². The van der Waals surface area contributed by atoms with E-state index in [9.17, 15) is 14.4 Å². The van der Waals surface area contributed by atoms with Crippen LogP contribution in [0, 0.1) is 0 Å². The summed E-state index contributed by atoms with van der Waals surface area (Å²) in [6.45, 7) is 2.25. The number of aliphatic carboxylic acids is 1. The minimum Gasteiger partial charge on any atom is -0.481 e. The van der Waals surface area contributed by atoms with Crippen molar-refractivity contribution in [2.75, 3.05) is 0 Å². The molecule has 0 aliphatic carbocycles. The van der Waals surface area contributed by atoms with E-state index in [1.807, 2.05) is 0 Å². The van der Waals surface area contributed by atoms with Crippen LogP contribution in [-0.4, -0.2) is 22.6 Å². The van der Waals surface area contributed by atoms with Crippen molar-refractivity contribution in [3.8, 4) is 0 Å². The van der Waals surface area contributed by atoms with E-state index in [1.165, 1.54) is 76.7 Å². The molecule has 0 saturated carbocycles. The van der Waals surface area contributed by atoms with Crippen molar-refractivity contribution in [1.29, 1.82) is 0 Å². The third kappa shape index (κ3) is 18.9. The van der Waals surface area contributed by atoms with Crippen LogP contribution in [0.5, 0.6) is 0 Å². The molecule has 0 atom stereocenters. The van der Waals surface area contributed by atoms with Crippen molar-refractivity contribution in [1.82, 2.24) is 0 Å². The second kappa shape index (κ2) is 18.3. The number of rotatable bonds is 19. The van der Waals surface area contributed by atoms with E-state index in [1.54, 1.807) is 0 Å². The molecule has 0 aromatic heterocycles. The Kier molecular flexibility index (Phi) is 17.3. The molecule has 0 aliphatic heterocycles. The Morgan fingerprint density at radius 2 is 1.00 bits per heavy atom. The first-order valence-electron chi connectivity index (χ1n) is 10.5. The third-order valence-corrected chi connectivity index (χ3v) is 4.56. The monoisotopic (exact) mass is 366 g/mol. The van der Waals surface area contributed by atoms with Crippen LogP contribution in [0.15, 0.2) is 12.2 Å². The molecule has 0 aromatic carbocycles. The Bertz CT molecular complexity index is 412. The summed E-state index contributed by atoms with van der Waals surface area (Å²) in [5.74, 6) is -1.80. The summed E-state index contributed by atoms with van der Waals surface area (Å²) in [6.07, 6.45) is 20.1. The molecule has 0 aliphatic rings. The molecule has 0 spiro atoms. The van der Waals surface area contributed by atoms with E-state index in [2.05, 4.69) is 6.92 Å². The largest absolute Gasteiger partial charge is 0.481 e. The van der Waals surface area contributed by atoms with Gasteiger partial charge in [0.1, 0.15) is 6.42 Å². The van der Waals surface area contributed by atoms with Crippen LogP contribution in [-0.2, 0) is 14.4 Å². The van der Waals surface area contributed by atoms with E-state index in [4.69, 9.17) is 5.11 Å². The van der Waals surface area contributed by atoms with Gasteiger partial charge in [-0.05, 0) is 18.6 Å². The standard InChI is InChI=1S/C22H38O4/c1-2-3-4-5-6-7-8-9-10-11-12-13-14-15-16-20(23)17-18-21(24)19-22(25)26/h17-18H,2-16,19H2,1H3,(H,25,26)/b18-17+. The molecule has 0 bridgehead atoms. The molecular weight excluding hydrogens is 328 g/mol. The minimum absolute atomic E-state index is 0.0947. The van der Waals surface area contributed by atoms with Gasteiger partial charge in [-0.25, -0.2) is 0 Å². The lowest BCUT2D eigenvalue weighted by Gasteiger charge is -2.03. The maximum absolute atomic E-state index is 11.6. The first kappa shape index (κ1) is 24.6. The molecule has 0 radical (unpaired) electrons. The summed E-state index contributed by atoms with van der Waals surface area (Å²) in [7, 11) is 0. The number of carboxylic acids is 1. The summed E-state index contributed by atoms with van der Waals surface area (Å²) in [5.41, 5.74) is 0. The second-order valence-corrected chi connectivity index (χ2v) is 7.18. The number of hydrogen-bond donors (Lipinski definition) is 1. The van der Waals surface area contributed by atoms with Gasteiger partial charge in [-0.2, -0.15) is 0 Å². The summed E-state index contributed by atoms with van der Waals surface area (Å²) in [4.78, 5) is 33.0. The normalized spacial score (nSPS) is 11.1.